The van der Waals surface area contributed by atoms with Gasteiger partial charge < -0.3 is 16.0 Å². The average molecular weight is 285 g/mol. The van der Waals surface area contributed by atoms with Gasteiger partial charge in [-0.25, -0.2) is 13.6 Å². The van der Waals surface area contributed by atoms with Crippen molar-refractivity contribution in [2.24, 2.45) is 0 Å². The lowest BCUT2D eigenvalue weighted by Gasteiger charge is -2.14. The van der Waals surface area contributed by atoms with Crippen LogP contribution in [-0.4, -0.2) is 25.5 Å². The lowest BCUT2D eigenvalue weighted by molar-refractivity contribution is 0.148. The van der Waals surface area contributed by atoms with Gasteiger partial charge in [-0.3, -0.25) is 0 Å². The molecule has 1 aromatic carbocycles. The number of amides is 2. The predicted octanol–water partition coefficient (Wildman–Crippen LogP) is 3.13. The Bertz CT molecular complexity index is 409. The average Bonchev–Trinajstić information content (AvgIpc) is 2.43. The van der Waals surface area contributed by atoms with Crippen LogP contribution in [0, 0.1) is 0 Å². The third kappa shape index (κ3) is 5.97. The molecule has 1 aromatic rings. The van der Waals surface area contributed by atoms with Crippen molar-refractivity contribution in [3.8, 4) is 0 Å². The standard InChI is InChI=1S/C14H21F2N3O/c1-3-8-17-10(2)11-4-6-12(7-5-11)19-14(20)18-9-13(15)16/h4-7,10,13,17H,3,8-9H2,1-2H3,(H2,18,19,20). The Labute approximate surface area is 117 Å². The molecule has 1 unspecified atom stereocenters. The van der Waals surface area contributed by atoms with Crippen LogP contribution >= 0.6 is 0 Å². The van der Waals surface area contributed by atoms with Gasteiger partial charge in [0.1, 0.15) is 0 Å². The van der Waals surface area contributed by atoms with E-state index in [0.717, 1.165) is 18.5 Å². The van der Waals surface area contributed by atoms with E-state index in [1.54, 1.807) is 12.1 Å². The molecule has 0 radical (unpaired) electrons. The van der Waals surface area contributed by atoms with Crippen molar-refractivity contribution in [1.29, 1.82) is 0 Å². The number of rotatable bonds is 7. The highest BCUT2D eigenvalue weighted by Gasteiger charge is 2.07. The monoisotopic (exact) mass is 285 g/mol. The van der Waals surface area contributed by atoms with E-state index in [1.165, 1.54) is 0 Å². The predicted molar refractivity (Wildman–Crippen MR) is 76.2 cm³/mol. The van der Waals surface area contributed by atoms with E-state index < -0.39 is 19.0 Å². The smallest absolute Gasteiger partial charge is 0.319 e. The topological polar surface area (TPSA) is 53.2 Å². The van der Waals surface area contributed by atoms with Crippen LogP contribution in [-0.2, 0) is 0 Å². The molecule has 20 heavy (non-hydrogen) atoms. The molecule has 0 aliphatic rings. The summed E-state index contributed by atoms with van der Waals surface area (Å²) in [5.41, 5.74) is 1.68. The Morgan fingerprint density at radius 1 is 1.25 bits per heavy atom. The lowest BCUT2D eigenvalue weighted by Crippen LogP contribution is -2.32. The molecule has 2 amide bonds. The fourth-order valence-electron chi connectivity index (χ4n) is 1.68. The molecule has 0 heterocycles. The molecule has 4 nitrogen and oxygen atoms in total. The highest BCUT2D eigenvalue weighted by Crippen LogP contribution is 2.15. The molecule has 3 N–H and O–H groups in total. The van der Waals surface area contributed by atoms with Crippen LogP contribution in [0.15, 0.2) is 24.3 Å². The second-order valence-electron chi connectivity index (χ2n) is 4.52. The number of anilines is 1. The summed E-state index contributed by atoms with van der Waals surface area (Å²) < 4.78 is 23.9. The van der Waals surface area contributed by atoms with E-state index in [-0.39, 0.29) is 6.04 Å². The van der Waals surface area contributed by atoms with Crippen LogP contribution in [0.25, 0.3) is 0 Å². The van der Waals surface area contributed by atoms with Crippen molar-refractivity contribution >= 4 is 11.7 Å². The minimum Gasteiger partial charge on any atom is -0.332 e. The summed E-state index contributed by atoms with van der Waals surface area (Å²) in [6.07, 6.45) is -1.48. The number of hydrogen-bond acceptors (Lipinski definition) is 2. The van der Waals surface area contributed by atoms with Crippen molar-refractivity contribution in [1.82, 2.24) is 10.6 Å². The van der Waals surface area contributed by atoms with Gasteiger partial charge >= 0.3 is 6.03 Å². The number of hydrogen-bond donors (Lipinski definition) is 3. The van der Waals surface area contributed by atoms with Gasteiger partial charge in [-0.2, -0.15) is 0 Å². The van der Waals surface area contributed by atoms with E-state index in [1.807, 2.05) is 12.1 Å². The van der Waals surface area contributed by atoms with Crippen molar-refractivity contribution in [2.45, 2.75) is 32.7 Å². The molecule has 0 saturated carbocycles. The molecule has 1 atom stereocenters. The van der Waals surface area contributed by atoms with E-state index in [0.29, 0.717) is 5.69 Å². The van der Waals surface area contributed by atoms with E-state index >= 15 is 0 Å². The highest BCUT2D eigenvalue weighted by molar-refractivity contribution is 5.89. The molecule has 6 heteroatoms. The van der Waals surface area contributed by atoms with Crippen LogP contribution in [0.2, 0.25) is 0 Å². The van der Waals surface area contributed by atoms with Gasteiger partial charge in [0.25, 0.3) is 6.43 Å². The lowest BCUT2D eigenvalue weighted by atomic mass is 10.1. The molecular formula is C14H21F2N3O. The first kappa shape index (κ1) is 16.4. The number of halogens is 2. The Morgan fingerprint density at radius 3 is 2.45 bits per heavy atom. The summed E-state index contributed by atoms with van der Waals surface area (Å²) in [6, 6.07) is 6.90. The van der Waals surface area contributed by atoms with E-state index in [4.69, 9.17) is 0 Å². The van der Waals surface area contributed by atoms with Crippen LogP contribution in [0.3, 0.4) is 0 Å². The fraction of sp³-hybridized carbons (Fsp3) is 0.500. The molecule has 0 aliphatic heterocycles. The number of alkyl halides is 2. The van der Waals surface area contributed by atoms with E-state index in [2.05, 4.69) is 29.8 Å². The second kappa shape index (κ2) is 8.47. The first-order valence-corrected chi connectivity index (χ1v) is 6.69. The maximum absolute atomic E-state index is 11.9. The Balaban J connectivity index is 2.47. The quantitative estimate of drug-likeness (QED) is 0.721. The molecule has 0 fully saturated rings. The molecule has 0 spiro atoms. The third-order valence-corrected chi connectivity index (χ3v) is 2.79. The largest absolute Gasteiger partial charge is 0.332 e. The minimum atomic E-state index is -2.55. The number of carbonyl (C=O) groups is 1. The summed E-state index contributed by atoms with van der Waals surface area (Å²) in [7, 11) is 0. The SMILES string of the molecule is CCCNC(C)c1ccc(NC(=O)NCC(F)F)cc1. The number of nitrogens with one attached hydrogen (secondary N) is 3. The zero-order valence-electron chi connectivity index (χ0n) is 11.7. The van der Waals surface area contributed by atoms with Gasteiger partial charge in [0.2, 0.25) is 0 Å². The van der Waals surface area contributed by atoms with Crippen molar-refractivity contribution in [3.63, 3.8) is 0 Å². The Hall–Kier alpha value is -1.69. The van der Waals surface area contributed by atoms with Gasteiger partial charge in [0, 0.05) is 11.7 Å². The highest BCUT2D eigenvalue weighted by atomic mass is 19.3. The van der Waals surface area contributed by atoms with Crippen LogP contribution in [0.1, 0.15) is 31.9 Å². The maximum atomic E-state index is 11.9. The minimum absolute atomic E-state index is 0.233. The van der Waals surface area contributed by atoms with Crippen molar-refractivity contribution in [3.05, 3.63) is 29.8 Å². The Kier molecular flexibility index (Phi) is 6.93. The zero-order chi connectivity index (χ0) is 15.0. The second-order valence-corrected chi connectivity index (χ2v) is 4.52. The maximum Gasteiger partial charge on any atom is 0.319 e. The van der Waals surface area contributed by atoms with Crippen molar-refractivity contribution in [2.75, 3.05) is 18.4 Å². The van der Waals surface area contributed by atoms with Crippen LogP contribution in [0.4, 0.5) is 19.3 Å². The summed E-state index contributed by atoms with van der Waals surface area (Å²) in [6.45, 7) is 4.46. The number of carbonyl (C=O) groups excluding carboxylic acids is 1. The molecule has 0 bridgehead atoms. The van der Waals surface area contributed by atoms with Gasteiger partial charge in [-0.15, -0.1) is 0 Å². The van der Waals surface area contributed by atoms with Crippen LogP contribution < -0.4 is 16.0 Å². The first-order valence-electron chi connectivity index (χ1n) is 6.69. The fourth-order valence-corrected chi connectivity index (χ4v) is 1.68. The number of benzene rings is 1. The first-order chi connectivity index (χ1) is 9.52. The van der Waals surface area contributed by atoms with Gasteiger partial charge in [0.15, 0.2) is 0 Å². The third-order valence-electron chi connectivity index (χ3n) is 2.79. The summed E-state index contributed by atoms with van der Waals surface area (Å²) in [4.78, 5) is 11.3. The summed E-state index contributed by atoms with van der Waals surface area (Å²) >= 11 is 0. The van der Waals surface area contributed by atoms with E-state index in [9.17, 15) is 13.6 Å². The molecular weight excluding hydrogens is 264 g/mol. The van der Waals surface area contributed by atoms with Gasteiger partial charge in [-0.05, 0) is 37.6 Å². The summed E-state index contributed by atoms with van der Waals surface area (Å²) in [5, 5.41) is 7.94. The normalized spacial score (nSPS) is 12.2. The molecule has 0 aromatic heterocycles. The molecule has 0 saturated heterocycles. The van der Waals surface area contributed by atoms with Crippen molar-refractivity contribution < 1.29 is 13.6 Å². The van der Waals surface area contributed by atoms with Gasteiger partial charge in [0.05, 0.1) is 6.54 Å². The zero-order valence-corrected chi connectivity index (χ0v) is 11.7. The van der Waals surface area contributed by atoms with Gasteiger partial charge in [-0.1, -0.05) is 19.1 Å². The summed E-state index contributed by atoms with van der Waals surface area (Å²) in [5.74, 6) is 0. The Morgan fingerprint density at radius 2 is 1.90 bits per heavy atom. The molecule has 112 valence electrons. The van der Waals surface area contributed by atoms with Crippen LogP contribution in [0.5, 0.6) is 0 Å². The number of urea groups is 1. The molecule has 1 rings (SSSR count). The molecule has 0 aliphatic carbocycles.